The molecule has 2 aliphatic heterocycles. The monoisotopic (exact) mass is 456 g/mol. The molecule has 5 rings (SSSR count). The maximum atomic E-state index is 13.7. The smallest absolute Gasteiger partial charge is 0.277 e. The normalized spacial score (nSPS) is 17.9. The van der Waals surface area contributed by atoms with Gasteiger partial charge < -0.3 is 14.4 Å². The highest BCUT2D eigenvalue weighted by atomic mass is 16.2. The van der Waals surface area contributed by atoms with Crippen molar-refractivity contribution in [2.45, 2.75) is 25.3 Å². The first-order valence-corrected chi connectivity index (χ1v) is 12.1. The number of aromatic nitrogens is 1. The van der Waals surface area contributed by atoms with Crippen molar-refractivity contribution in [3.63, 3.8) is 0 Å². The molecule has 6 nitrogen and oxygen atoms in total. The number of nitrogens with zero attached hydrogens (tertiary/aromatic N) is 4. The van der Waals surface area contributed by atoms with Crippen molar-refractivity contribution in [2.24, 2.45) is 7.05 Å². The number of benzene rings is 2. The molecule has 0 radical (unpaired) electrons. The zero-order valence-corrected chi connectivity index (χ0v) is 20.2. The van der Waals surface area contributed by atoms with E-state index in [2.05, 4.69) is 39.7 Å². The maximum Gasteiger partial charge on any atom is 0.277 e. The molecule has 2 aliphatic rings. The van der Waals surface area contributed by atoms with E-state index in [4.69, 9.17) is 0 Å². The molecule has 3 aromatic rings. The lowest BCUT2D eigenvalue weighted by Gasteiger charge is -2.36. The Morgan fingerprint density at radius 3 is 2.32 bits per heavy atom. The van der Waals surface area contributed by atoms with Crippen molar-refractivity contribution >= 4 is 28.3 Å². The summed E-state index contributed by atoms with van der Waals surface area (Å²) in [5, 5.41) is 1.17. The Balaban J connectivity index is 1.44. The number of aryl methyl sites for hydroxylation is 1. The molecule has 3 heterocycles. The van der Waals surface area contributed by atoms with Gasteiger partial charge in [0.1, 0.15) is 5.70 Å². The lowest BCUT2D eigenvalue weighted by atomic mass is 10.0. The van der Waals surface area contributed by atoms with E-state index in [1.807, 2.05) is 56.6 Å². The quantitative estimate of drug-likeness (QED) is 0.533. The predicted molar refractivity (Wildman–Crippen MR) is 135 cm³/mol. The van der Waals surface area contributed by atoms with Gasteiger partial charge in [-0.1, -0.05) is 48.5 Å². The maximum absolute atomic E-state index is 13.7. The largest absolute Gasteiger partial charge is 0.366 e. The van der Waals surface area contributed by atoms with Crippen molar-refractivity contribution in [3.8, 4) is 0 Å². The number of imide groups is 1. The van der Waals surface area contributed by atoms with Crippen LogP contribution in [0.5, 0.6) is 0 Å². The van der Waals surface area contributed by atoms with Gasteiger partial charge in [0.25, 0.3) is 11.8 Å². The summed E-state index contributed by atoms with van der Waals surface area (Å²) in [7, 11) is 6.14. The summed E-state index contributed by atoms with van der Waals surface area (Å²) < 4.78 is 2.10. The minimum absolute atomic E-state index is 0.175. The molecule has 34 heavy (non-hydrogen) atoms. The van der Waals surface area contributed by atoms with Gasteiger partial charge in [0.15, 0.2) is 0 Å². The van der Waals surface area contributed by atoms with E-state index >= 15 is 0 Å². The van der Waals surface area contributed by atoms with E-state index in [1.54, 1.807) is 0 Å². The molecular formula is C28H32N4O2. The Labute approximate surface area is 201 Å². The molecule has 176 valence electrons. The first kappa shape index (κ1) is 22.4. The lowest BCUT2D eigenvalue weighted by Crippen LogP contribution is -2.43. The molecular weight excluding hydrogens is 424 g/mol. The predicted octanol–water partition coefficient (Wildman–Crippen LogP) is 3.53. The number of hydrogen-bond acceptors (Lipinski definition) is 4. The number of likely N-dealkylation sites (N-methyl/N-ethyl adjacent to an activating group) is 1. The van der Waals surface area contributed by atoms with Gasteiger partial charge in [-0.3, -0.25) is 14.5 Å². The first-order valence-electron chi connectivity index (χ1n) is 12.1. The third kappa shape index (κ3) is 3.92. The van der Waals surface area contributed by atoms with Gasteiger partial charge in [0.2, 0.25) is 0 Å². The van der Waals surface area contributed by atoms with Crippen molar-refractivity contribution in [1.29, 1.82) is 0 Å². The number of piperidine rings is 1. The van der Waals surface area contributed by atoms with Gasteiger partial charge in [0.05, 0.1) is 5.57 Å². The highest BCUT2D eigenvalue weighted by Crippen LogP contribution is 2.34. The van der Waals surface area contributed by atoms with Crippen molar-refractivity contribution in [2.75, 3.05) is 33.7 Å². The van der Waals surface area contributed by atoms with Crippen LogP contribution in [-0.4, -0.2) is 70.9 Å². The van der Waals surface area contributed by atoms with Crippen LogP contribution < -0.4 is 0 Å². The molecule has 0 saturated carbocycles. The summed E-state index contributed by atoms with van der Waals surface area (Å²) in [5.74, 6) is -0.364. The van der Waals surface area contributed by atoms with E-state index in [1.165, 1.54) is 10.3 Å². The van der Waals surface area contributed by atoms with E-state index < -0.39 is 0 Å². The number of amides is 2. The number of fused-ring (bicyclic) bond motifs is 1. The molecule has 6 heteroatoms. The number of likely N-dealkylation sites (tertiary alicyclic amines) is 1. The van der Waals surface area contributed by atoms with Crippen molar-refractivity contribution < 1.29 is 9.59 Å². The summed E-state index contributed by atoms with van der Waals surface area (Å²) in [6, 6.07) is 18.1. The Morgan fingerprint density at radius 1 is 0.912 bits per heavy atom. The summed E-state index contributed by atoms with van der Waals surface area (Å²) in [6.07, 6.45) is 4.70. The van der Waals surface area contributed by atoms with Crippen LogP contribution in [0.1, 0.15) is 24.0 Å². The first-order chi connectivity index (χ1) is 16.5. The molecule has 0 N–H and O–H groups in total. The molecule has 1 saturated heterocycles. The van der Waals surface area contributed by atoms with Crippen LogP contribution in [0, 0.1) is 0 Å². The minimum Gasteiger partial charge on any atom is -0.366 e. The fourth-order valence-electron chi connectivity index (χ4n) is 5.38. The van der Waals surface area contributed by atoms with Crippen LogP contribution in [0.2, 0.25) is 0 Å². The Bertz CT molecular complexity index is 1250. The molecule has 1 aromatic heterocycles. The molecule has 0 atom stereocenters. The van der Waals surface area contributed by atoms with Gasteiger partial charge in [0, 0.05) is 43.8 Å². The van der Waals surface area contributed by atoms with Crippen LogP contribution in [-0.2, 0) is 23.1 Å². The van der Waals surface area contributed by atoms with E-state index in [0.717, 1.165) is 42.6 Å². The number of rotatable bonds is 6. The van der Waals surface area contributed by atoms with Crippen LogP contribution in [0.4, 0.5) is 0 Å². The fourth-order valence-corrected chi connectivity index (χ4v) is 5.38. The molecule has 2 amide bonds. The second kappa shape index (κ2) is 9.11. The number of carbonyl (C=O) groups is 2. The topological polar surface area (TPSA) is 48.8 Å². The fraction of sp³-hybridized carbons (Fsp3) is 0.357. The Kier molecular flexibility index (Phi) is 6.00. The molecule has 2 aromatic carbocycles. The molecule has 1 fully saturated rings. The zero-order valence-electron chi connectivity index (χ0n) is 20.2. The highest BCUT2D eigenvalue weighted by Gasteiger charge is 2.42. The summed E-state index contributed by atoms with van der Waals surface area (Å²) in [5.41, 5.74) is 4.19. The standard InChI is InChI=1S/C28H32N4O2/c1-29-16-14-22(15-17-29)31(3)26-25(20-9-5-4-6-10-20)27(33)32(28(26)34)18-13-21-19-30(2)24-12-8-7-11-23(21)24/h4-12,19,22H,13-18H2,1-3H3. The van der Waals surface area contributed by atoms with Crippen LogP contribution in [0.25, 0.3) is 16.5 Å². The van der Waals surface area contributed by atoms with E-state index in [9.17, 15) is 9.59 Å². The summed E-state index contributed by atoms with van der Waals surface area (Å²) in [4.78, 5) is 33.2. The van der Waals surface area contributed by atoms with E-state index in [0.29, 0.717) is 24.2 Å². The third-order valence-electron chi connectivity index (χ3n) is 7.38. The number of carbonyl (C=O) groups excluding carboxylic acids is 2. The molecule has 0 unspecified atom stereocenters. The van der Waals surface area contributed by atoms with Crippen molar-refractivity contribution in [1.82, 2.24) is 19.3 Å². The van der Waals surface area contributed by atoms with Crippen LogP contribution in [0.3, 0.4) is 0 Å². The lowest BCUT2D eigenvalue weighted by molar-refractivity contribution is -0.137. The SMILES string of the molecule is CN1CCC(N(C)C2=C(c3ccccc3)C(=O)N(CCc3cn(C)c4ccccc34)C2=O)CC1. The van der Waals surface area contributed by atoms with Gasteiger partial charge in [-0.2, -0.15) is 0 Å². The molecule has 0 bridgehead atoms. The van der Waals surface area contributed by atoms with Gasteiger partial charge in [-0.15, -0.1) is 0 Å². The molecule has 0 aliphatic carbocycles. The Morgan fingerprint density at radius 2 is 1.59 bits per heavy atom. The Hall–Kier alpha value is -3.38. The van der Waals surface area contributed by atoms with Gasteiger partial charge in [-0.25, -0.2) is 0 Å². The minimum atomic E-state index is -0.189. The second-order valence-electron chi connectivity index (χ2n) is 9.53. The number of hydrogen-bond donors (Lipinski definition) is 0. The molecule has 0 spiro atoms. The average Bonchev–Trinajstić information content (AvgIpc) is 3.31. The highest BCUT2D eigenvalue weighted by molar-refractivity contribution is 6.35. The van der Waals surface area contributed by atoms with Crippen LogP contribution in [0.15, 0.2) is 66.5 Å². The third-order valence-corrected chi connectivity index (χ3v) is 7.38. The summed E-state index contributed by atoms with van der Waals surface area (Å²) >= 11 is 0. The second-order valence-corrected chi connectivity index (χ2v) is 9.53. The summed E-state index contributed by atoms with van der Waals surface area (Å²) in [6.45, 7) is 2.36. The van der Waals surface area contributed by atoms with Gasteiger partial charge >= 0.3 is 0 Å². The van der Waals surface area contributed by atoms with Crippen LogP contribution >= 0.6 is 0 Å². The van der Waals surface area contributed by atoms with Gasteiger partial charge in [-0.05, 0) is 56.6 Å². The number of para-hydroxylation sites is 1. The average molecular weight is 457 g/mol. The zero-order chi connectivity index (χ0) is 23.8. The van der Waals surface area contributed by atoms with E-state index in [-0.39, 0.29) is 17.9 Å². The van der Waals surface area contributed by atoms with Crippen molar-refractivity contribution in [3.05, 3.63) is 77.6 Å².